The van der Waals surface area contributed by atoms with Crippen molar-refractivity contribution in [3.8, 4) is 0 Å². The zero-order valence-corrected chi connectivity index (χ0v) is 16.2. The second kappa shape index (κ2) is 8.37. The number of amides is 1. The topological polar surface area (TPSA) is 57.7 Å². The van der Waals surface area contributed by atoms with E-state index >= 15 is 0 Å². The van der Waals surface area contributed by atoms with Gasteiger partial charge in [0.25, 0.3) is 0 Å². The summed E-state index contributed by atoms with van der Waals surface area (Å²) in [5.41, 5.74) is 0.212. The van der Waals surface area contributed by atoms with Crippen LogP contribution in [0.2, 0.25) is 5.02 Å². The molecule has 0 aliphatic carbocycles. The lowest BCUT2D eigenvalue weighted by Gasteiger charge is -2.25. The van der Waals surface area contributed by atoms with Gasteiger partial charge in [-0.2, -0.15) is 4.31 Å². The molecule has 0 saturated carbocycles. The van der Waals surface area contributed by atoms with Crippen LogP contribution >= 0.6 is 11.6 Å². The lowest BCUT2D eigenvalue weighted by Crippen LogP contribution is -2.41. The summed E-state index contributed by atoms with van der Waals surface area (Å²) in [7, 11) is -4.00. The van der Waals surface area contributed by atoms with Gasteiger partial charge in [0.1, 0.15) is 5.82 Å². The number of nitrogens with zero attached hydrogens (tertiary/aromatic N) is 2. The number of halogens is 2. The summed E-state index contributed by atoms with van der Waals surface area (Å²) < 4.78 is 41.3. The average Bonchev–Trinajstić information content (AvgIpc) is 3.18. The van der Waals surface area contributed by atoms with E-state index in [-0.39, 0.29) is 29.5 Å². The number of hydrogen-bond acceptors (Lipinski definition) is 3. The first-order valence-corrected chi connectivity index (χ1v) is 10.5. The van der Waals surface area contributed by atoms with Crippen molar-refractivity contribution in [1.29, 1.82) is 0 Å². The van der Waals surface area contributed by atoms with E-state index < -0.39 is 15.8 Å². The number of likely N-dealkylation sites (tertiary alicyclic amines) is 1. The fraction of sp³-hybridized carbons (Fsp3) is 0.316. The van der Waals surface area contributed by atoms with E-state index in [1.807, 2.05) is 0 Å². The van der Waals surface area contributed by atoms with Crippen LogP contribution in [0.25, 0.3) is 0 Å². The molecule has 0 unspecified atom stereocenters. The molecular weight excluding hydrogens is 391 g/mol. The molecule has 0 aromatic heterocycles. The predicted molar refractivity (Wildman–Crippen MR) is 101 cm³/mol. The standard InChI is InChI=1S/C19H20ClFN2O3S/c20-16-7-9-17(10-8-16)27(25,26)23(13-15-5-1-2-6-18(15)21)14-19(24)22-11-3-4-12-22/h1-2,5-10H,3-4,11-14H2. The Kier molecular flexibility index (Phi) is 6.14. The first-order chi connectivity index (χ1) is 12.9. The second-order valence-electron chi connectivity index (χ2n) is 6.41. The molecule has 2 aromatic carbocycles. The summed E-state index contributed by atoms with van der Waals surface area (Å²) >= 11 is 5.84. The van der Waals surface area contributed by atoms with Crippen molar-refractivity contribution in [3.63, 3.8) is 0 Å². The number of sulfonamides is 1. The van der Waals surface area contributed by atoms with E-state index in [0.29, 0.717) is 18.1 Å². The normalized spacial score (nSPS) is 14.7. The molecule has 27 heavy (non-hydrogen) atoms. The summed E-state index contributed by atoms with van der Waals surface area (Å²) in [4.78, 5) is 14.2. The third kappa shape index (κ3) is 4.66. The Morgan fingerprint density at radius 1 is 1.07 bits per heavy atom. The zero-order valence-electron chi connectivity index (χ0n) is 14.6. The minimum atomic E-state index is -4.00. The molecule has 0 bridgehead atoms. The van der Waals surface area contributed by atoms with Gasteiger partial charge in [0.05, 0.1) is 11.4 Å². The third-order valence-corrected chi connectivity index (χ3v) is 6.58. The summed E-state index contributed by atoms with van der Waals surface area (Å²) in [6.45, 7) is 0.678. The molecule has 144 valence electrons. The molecule has 2 aromatic rings. The molecule has 1 amide bonds. The highest BCUT2D eigenvalue weighted by Gasteiger charge is 2.30. The number of carbonyl (C=O) groups excluding carboxylic acids is 1. The molecule has 1 heterocycles. The SMILES string of the molecule is O=C(CN(Cc1ccccc1F)S(=O)(=O)c1ccc(Cl)cc1)N1CCCC1. The Balaban J connectivity index is 1.91. The molecule has 1 fully saturated rings. The van der Waals surface area contributed by atoms with Gasteiger partial charge in [-0.1, -0.05) is 29.8 Å². The van der Waals surface area contributed by atoms with Gasteiger partial charge >= 0.3 is 0 Å². The smallest absolute Gasteiger partial charge is 0.243 e. The fourth-order valence-electron chi connectivity index (χ4n) is 3.02. The molecular formula is C19H20ClFN2O3S. The molecule has 0 atom stereocenters. The highest BCUT2D eigenvalue weighted by atomic mass is 35.5. The summed E-state index contributed by atoms with van der Waals surface area (Å²) in [5.74, 6) is -0.788. The minimum Gasteiger partial charge on any atom is -0.342 e. The first-order valence-electron chi connectivity index (χ1n) is 8.65. The maximum Gasteiger partial charge on any atom is 0.243 e. The Bertz CT molecular complexity index is 913. The number of carbonyl (C=O) groups is 1. The molecule has 1 saturated heterocycles. The Morgan fingerprint density at radius 2 is 1.70 bits per heavy atom. The van der Waals surface area contributed by atoms with Gasteiger partial charge in [-0.3, -0.25) is 4.79 Å². The molecule has 1 aliphatic heterocycles. The minimum absolute atomic E-state index is 0.0115. The van der Waals surface area contributed by atoms with Crippen LogP contribution < -0.4 is 0 Å². The molecule has 8 heteroatoms. The second-order valence-corrected chi connectivity index (χ2v) is 8.78. The van der Waals surface area contributed by atoms with Gasteiger partial charge in [-0.05, 0) is 43.2 Å². The van der Waals surface area contributed by atoms with Gasteiger partial charge in [-0.15, -0.1) is 0 Å². The van der Waals surface area contributed by atoms with Crippen molar-refractivity contribution < 1.29 is 17.6 Å². The van der Waals surface area contributed by atoms with Crippen LogP contribution in [0.1, 0.15) is 18.4 Å². The zero-order chi connectivity index (χ0) is 19.4. The van der Waals surface area contributed by atoms with Gasteiger partial charge in [0, 0.05) is 30.2 Å². The Hall–Kier alpha value is -1.96. The number of benzene rings is 2. The maximum absolute atomic E-state index is 14.1. The highest BCUT2D eigenvalue weighted by Crippen LogP contribution is 2.22. The number of hydrogen-bond donors (Lipinski definition) is 0. The largest absolute Gasteiger partial charge is 0.342 e. The van der Waals surface area contributed by atoms with Crippen molar-refractivity contribution in [2.45, 2.75) is 24.3 Å². The van der Waals surface area contributed by atoms with E-state index in [9.17, 15) is 17.6 Å². The fourth-order valence-corrected chi connectivity index (χ4v) is 4.51. The van der Waals surface area contributed by atoms with Crippen molar-refractivity contribution in [1.82, 2.24) is 9.21 Å². The van der Waals surface area contributed by atoms with E-state index in [1.165, 1.54) is 42.5 Å². The summed E-state index contributed by atoms with van der Waals surface area (Å²) in [5, 5.41) is 0.405. The highest BCUT2D eigenvalue weighted by molar-refractivity contribution is 7.89. The van der Waals surface area contributed by atoms with Gasteiger partial charge < -0.3 is 4.90 Å². The Morgan fingerprint density at radius 3 is 2.33 bits per heavy atom. The lowest BCUT2D eigenvalue weighted by atomic mass is 10.2. The molecule has 0 spiro atoms. The quantitative estimate of drug-likeness (QED) is 0.734. The predicted octanol–water partition coefficient (Wildman–Crippen LogP) is 3.29. The molecule has 3 rings (SSSR count). The van der Waals surface area contributed by atoms with Crippen LogP contribution in [-0.2, 0) is 21.4 Å². The van der Waals surface area contributed by atoms with Crippen LogP contribution in [0.3, 0.4) is 0 Å². The van der Waals surface area contributed by atoms with Crippen molar-refractivity contribution in [2.75, 3.05) is 19.6 Å². The average molecular weight is 411 g/mol. The molecule has 1 aliphatic rings. The summed E-state index contributed by atoms with van der Waals surface area (Å²) in [6.07, 6.45) is 1.81. The van der Waals surface area contributed by atoms with E-state index in [4.69, 9.17) is 11.6 Å². The van der Waals surface area contributed by atoms with Crippen molar-refractivity contribution >= 4 is 27.5 Å². The Labute approximate surface area is 163 Å². The van der Waals surface area contributed by atoms with Gasteiger partial charge in [0.15, 0.2) is 0 Å². The summed E-state index contributed by atoms with van der Waals surface area (Å²) in [6, 6.07) is 11.7. The van der Waals surface area contributed by atoms with Crippen LogP contribution in [0.4, 0.5) is 4.39 Å². The monoisotopic (exact) mass is 410 g/mol. The lowest BCUT2D eigenvalue weighted by molar-refractivity contribution is -0.130. The van der Waals surface area contributed by atoms with E-state index in [0.717, 1.165) is 17.1 Å². The van der Waals surface area contributed by atoms with Crippen molar-refractivity contribution in [3.05, 3.63) is 64.9 Å². The van der Waals surface area contributed by atoms with E-state index in [2.05, 4.69) is 0 Å². The molecule has 0 radical (unpaired) electrons. The van der Waals surface area contributed by atoms with Gasteiger partial charge in [0.2, 0.25) is 15.9 Å². The molecule has 0 N–H and O–H groups in total. The van der Waals surface area contributed by atoms with Crippen molar-refractivity contribution in [2.24, 2.45) is 0 Å². The van der Waals surface area contributed by atoms with Crippen LogP contribution in [-0.4, -0.2) is 43.2 Å². The van der Waals surface area contributed by atoms with Crippen LogP contribution in [0, 0.1) is 5.82 Å². The van der Waals surface area contributed by atoms with Crippen LogP contribution in [0.5, 0.6) is 0 Å². The maximum atomic E-state index is 14.1. The van der Waals surface area contributed by atoms with E-state index in [1.54, 1.807) is 11.0 Å². The van der Waals surface area contributed by atoms with Gasteiger partial charge in [-0.25, -0.2) is 12.8 Å². The molecule has 5 nitrogen and oxygen atoms in total. The third-order valence-electron chi connectivity index (χ3n) is 4.53. The van der Waals surface area contributed by atoms with Crippen LogP contribution in [0.15, 0.2) is 53.4 Å². The number of rotatable bonds is 6. The first kappa shape index (κ1) is 19.8.